The van der Waals surface area contributed by atoms with E-state index in [4.69, 9.17) is 0 Å². The van der Waals surface area contributed by atoms with Crippen molar-refractivity contribution in [1.82, 2.24) is 24.9 Å². The van der Waals surface area contributed by atoms with Gasteiger partial charge in [0.2, 0.25) is 11.4 Å². The largest absolute Gasteiger partial charge is 0.260 e. The highest BCUT2D eigenvalue weighted by Gasteiger charge is 2.19. The minimum atomic E-state index is 0.616. The van der Waals surface area contributed by atoms with E-state index in [0.29, 0.717) is 11.5 Å². The van der Waals surface area contributed by atoms with E-state index in [1.54, 1.807) is 17.1 Å². The predicted molar refractivity (Wildman–Crippen MR) is 93.8 cm³/mol. The fourth-order valence-corrected chi connectivity index (χ4v) is 2.68. The Balaban J connectivity index is 1.58. The standard InChI is InChI=1S/C17H16N8/c1-12-15(13(2)25(22-12)14-6-4-3-5-7-14)10-18-20-16-8-9-17-21-19-11-24(17)23-16/h3-11H,1-2H3,(H,20,23)/p+1. The Labute approximate surface area is 143 Å². The number of nitrogens with one attached hydrogen (secondary N) is 2. The number of nitrogens with zero attached hydrogens (tertiary/aromatic N) is 6. The molecule has 0 atom stereocenters. The molecule has 2 N–H and O–H groups in total. The molecule has 0 saturated carbocycles. The second-order valence-corrected chi connectivity index (χ2v) is 5.63. The van der Waals surface area contributed by atoms with Crippen molar-refractivity contribution >= 4 is 17.7 Å². The molecule has 0 aliphatic rings. The number of H-pyrrole nitrogens is 1. The van der Waals surface area contributed by atoms with E-state index in [0.717, 1.165) is 22.6 Å². The summed E-state index contributed by atoms with van der Waals surface area (Å²) in [7, 11) is 0. The van der Waals surface area contributed by atoms with Crippen LogP contribution in [0.15, 0.2) is 53.9 Å². The summed E-state index contributed by atoms with van der Waals surface area (Å²) in [5.41, 5.74) is 7.85. The van der Waals surface area contributed by atoms with E-state index in [1.165, 1.54) is 0 Å². The third-order valence-corrected chi connectivity index (χ3v) is 3.96. The number of aryl methyl sites for hydroxylation is 1. The Kier molecular flexibility index (Phi) is 3.70. The zero-order valence-electron chi connectivity index (χ0n) is 13.9. The maximum Gasteiger partial charge on any atom is 0.235 e. The molecule has 1 aromatic carbocycles. The van der Waals surface area contributed by atoms with Gasteiger partial charge in [-0.3, -0.25) is 5.43 Å². The van der Waals surface area contributed by atoms with E-state index < -0.39 is 0 Å². The van der Waals surface area contributed by atoms with Gasteiger partial charge in [-0.1, -0.05) is 22.9 Å². The summed E-state index contributed by atoms with van der Waals surface area (Å²) >= 11 is 0. The van der Waals surface area contributed by atoms with Gasteiger partial charge in [-0.05, 0) is 19.1 Å². The van der Waals surface area contributed by atoms with Crippen molar-refractivity contribution in [2.45, 2.75) is 13.8 Å². The maximum atomic E-state index is 4.32. The molecule has 3 heterocycles. The highest BCUT2D eigenvalue weighted by Crippen LogP contribution is 2.09. The van der Waals surface area contributed by atoms with Gasteiger partial charge in [-0.2, -0.15) is 14.7 Å². The Hall–Kier alpha value is -3.55. The van der Waals surface area contributed by atoms with Crippen LogP contribution in [-0.4, -0.2) is 31.1 Å². The molecule has 0 spiro atoms. The van der Waals surface area contributed by atoms with Crippen molar-refractivity contribution < 1.29 is 4.68 Å². The van der Waals surface area contributed by atoms with Gasteiger partial charge in [0.1, 0.15) is 6.33 Å². The van der Waals surface area contributed by atoms with Gasteiger partial charge in [-0.15, -0.1) is 15.3 Å². The molecule has 0 radical (unpaired) electrons. The molecule has 4 rings (SSSR count). The summed E-state index contributed by atoms with van der Waals surface area (Å²) in [4.78, 5) is 0. The van der Waals surface area contributed by atoms with Crippen LogP contribution in [-0.2, 0) is 0 Å². The van der Waals surface area contributed by atoms with Crippen molar-refractivity contribution in [2.24, 2.45) is 5.10 Å². The maximum absolute atomic E-state index is 4.32. The molecule has 8 nitrogen and oxygen atoms in total. The van der Waals surface area contributed by atoms with Crippen molar-refractivity contribution in [3.05, 3.63) is 65.7 Å². The zero-order chi connectivity index (χ0) is 17.2. The Bertz CT molecular complexity index is 1050. The molecule has 8 heteroatoms. The van der Waals surface area contributed by atoms with E-state index >= 15 is 0 Å². The summed E-state index contributed by atoms with van der Waals surface area (Å²) in [6.45, 7) is 4.08. The third-order valence-electron chi connectivity index (χ3n) is 3.96. The molecule has 0 aliphatic carbocycles. The minimum Gasteiger partial charge on any atom is -0.260 e. The molecule has 0 bridgehead atoms. The van der Waals surface area contributed by atoms with Crippen LogP contribution in [0.4, 0.5) is 5.82 Å². The topological polar surface area (TPSA) is 87.1 Å². The fourth-order valence-electron chi connectivity index (χ4n) is 2.68. The van der Waals surface area contributed by atoms with Gasteiger partial charge >= 0.3 is 0 Å². The van der Waals surface area contributed by atoms with E-state index in [9.17, 15) is 0 Å². The molecule has 4 aromatic rings. The number of hydrazone groups is 1. The summed E-state index contributed by atoms with van der Waals surface area (Å²) in [5.74, 6) is 0.616. The smallest absolute Gasteiger partial charge is 0.235 e. The van der Waals surface area contributed by atoms with Crippen LogP contribution in [0.1, 0.15) is 17.0 Å². The molecule has 124 valence electrons. The Morgan fingerprint density at radius 2 is 2.00 bits per heavy atom. The van der Waals surface area contributed by atoms with Crippen LogP contribution >= 0.6 is 0 Å². The number of rotatable bonds is 4. The van der Waals surface area contributed by atoms with Gasteiger partial charge in [0.05, 0.1) is 17.5 Å². The quantitative estimate of drug-likeness (QED) is 0.339. The van der Waals surface area contributed by atoms with Crippen LogP contribution in [0.3, 0.4) is 0 Å². The highest BCUT2D eigenvalue weighted by molar-refractivity contribution is 5.82. The Morgan fingerprint density at radius 1 is 1.16 bits per heavy atom. The number of fused-ring (bicyclic) bond motifs is 1. The van der Waals surface area contributed by atoms with Gasteiger partial charge in [0.15, 0.2) is 11.5 Å². The van der Waals surface area contributed by atoms with Gasteiger partial charge in [-0.25, -0.2) is 0 Å². The average Bonchev–Trinajstić information content (AvgIpc) is 3.21. The number of anilines is 1. The van der Waals surface area contributed by atoms with E-state index in [1.807, 2.05) is 41.9 Å². The minimum absolute atomic E-state index is 0.616. The molecule has 0 fully saturated rings. The number of hydrogen-bond donors (Lipinski definition) is 2. The lowest BCUT2D eigenvalue weighted by Crippen LogP contribution is -2.35. The van der Waals surface area contributed by atoms with Gasteiger partial charge in [0.25, 0.3) is 0 Å². The van der Waals surface area contributed by atoms with Crippen molar-refractivity contribution in [2.75, 3.05) is 5.43 Å². The number of para-hydroxylation sites is 1. The lowest BCUT2D eigenvalue weighted by atomic mass is 10.2. The first-order valence-electron chi connectivity index (χ1n) is 7.85. The fraction of sp³-hybridized carbons (Fsp3) is 0.118. The van der Waals surface area contributed by atoms with Crippen LogP contribution in [0.2, 0.25) is 0 Å². The molecule has 0 amide bonds. The summed E-state index contributed by atoms with van der Waals surface area (Å²) in [6, 6.07) is 13.8. The van der Waals surface area contributed by atoms with E-state index in [2.05, 4.69) is 50.0 Å². The van der Waals surface area contributed by atoms with Crippen molar-refractivity contribution in [3.8, 4) is 5.69 Å². The number of aromatic amines is 1. The van der Waals surface area contributed by atoms with Gasteiger partial charge in [0, 0.05) is 19.1 Å². The number of aromatic nitrogens is 6. The molecule has 0 unspecified atom stereocenters. The average molecular weight is 333 g/mol. The molecular formula is C17H17N8+. The lowest BCUT2D eigenvalue weighted by Gasteiger charge is -1.98. The molecule has 0 saturated heterocycles. The lowest BCUT2D eigenvalue weighted by molar-refractivity contribution is -0.661. The Morgan fingerprint density at radius 3 is 2.84 bits per heavy atom. The number of hydrogen-bond acceptors (Lipinski definition) is 5. The second kappa shape index (κ2) is 6.16. The van der Waals surface area contributed by atoms with E-state index in [-0.39, 0.29) is 0 Å². The number of benzene rings is 1. The predicted octanol–water partition coefficient (Wildman–Crippen LogP) is 1.79. The molecule has 3 aromatic heterocycles. The first-order chi connectivity index (χ1) is 12.2. The second-order valence-electron chi connectivity index (χ2n) is 5.63. The van der Waals surface area contributed by atoms with Gasteiger partial charge < -0.3 is 0 Å². The van der Waals surface area contributed by atoms with Crippen molar-refractivity contribution in [1.29, 1.82) is 0 Å². The SMILES string of the molecule is Cc1[nH][n+](-c2ccccc2)c(C)c1C=NNc1ccc2nncn2n1. The summed E-state index contributed by atoms with van der Waals surface area (Å²) < 4.78 is 3.63. The molecule has 0 aliphatic heterocycles. The normalized spacial score (nSPS) is 11.4. The summed E-state index contributed by atoms with van der Waals surface area (Å²) in [6.07, 6.45) is 3.34. The first-order valence-corrected chi connectivity index (χ1v) is 7.85. The molecular weight excluding hydrogens is 316 g/mol. The monoisotopic (exact) mass is 333 g/mol. The van der Waals surface area contributed by atoms with Crippen LogP contribution in [0.5, 0.6) is 0 Å². The highest BCUT2D eigenvalue weighted by atomic mass is 15.4. The van der Waals surface area contributed by atoms with Crippen molar-refractivity contribution in [3.63, 3.8) is 0 Å². The van der Waals surface area contributed by atoms with Crippen LogP contribution < -0.4 is 10.1 Å². The summed E-state index contributed by atoms with van der Waals surface area (Å²) in [5, 5.41) is 19.7. The molecule has 25 heavy (non-hydrogen) atoms. The van der Waals surface area contributed by atoms with Crippen LogP contribution in [0.25, 0.3) is 11.3 Å². The zero-order valence-corrected chi connectivity index (χ0v) is 13.9. The third kappa shape index (κ3) is 2.85. The van der Waals surface area contributed by atoms with Crippen LogP contribution in [0, 0.1) is 13.8 Å². The first kappa shape index (κ1) is 15.0.